The Labute approximate surface area is 128 Å². The van der Waals surface area contributed by atoms with Gasteiger partial charge in [0.05, 0.1) is 12.1 Å². The fraction of sp³-hybridized carbons (Fsp3) is 0.429. The summed E-state index contributed by atoms with van der Waals surface area (Å²) >= 11 is 4.87. The van der Waals surface area contributed by atoms with Crippen molar-refractivity contribution >= 4 is 23.1 Å². The van der Waals surface area contributed by atoms with E-state index in [-0.39, 0.29) is 17.2 Å². The van der Waals surface area contributed by atoms with E-state index in [1.807, 2.05) is 0 Å². The van der Waals surface area contributed by atoms with Gasteiger partial charge in [0.15, 0.2) is 0 Å². The van der Waals surface area contributed by atoms with Crippen LogP contribution >= 0.6 is 12.2 Å². The number of thiocarbonyl (C=S) groups is 1. The third kappa shape index (κ3) is 3.68. The molecule has 114 valence electrons. The van der Waals surface area contributed by atoms with E-state index in [1.165, 1.54) is 19.2 Å². The lowest BCUT2D eigenvalue weighted by Gasteiger charge is -2.34. The minimum absolute atomic E-state index is 0.0113. The van der Waals surface area contributed by atoms with Crippen molar-refractivity contribution in [1.29, 1.82) is 0 Å². The lowest BCUT2D eigenvalue weighted by Crippen LogP contribution is -2.50. The molecule has 0 aliphatic carbocycles. The topological polar surface area (TPSA) is 58.8 Å². The third-order valence-corrected chi connectivity index (χ3v) is 3.58. The highest BCUT2D eigenvalue weighted by molar-refractivity contribution is 7.80. The minimum Gasteiger partial charge on any atom is -0.496 e. The molecule has 1 saturated heterocycles. The Balaban J connectivity index is 2.07. The number of halogens is 1. The van der Waals surface area contributed by atoms with Gasteiger partial charge in [0, 0.05) is 32.7 Å². The second kappa shape index (κ2) is 6.82. The Morgan fingerprint density at radius 3 is 2.62 bits per heavy atom. The Morgan fingerprint density at radius 1 is 1.38 bits per heavy atom. The highest BCUT2D eigenvalue weighted by Crippen LogP contribution is 2.23. The fourth-order valence-electron chi connectivity index (χ4n) is 2.37. The number of carbonyl (C=O) groups excluding carboxylic acids is 1. The Kier molecular flexibility index (Phi) is 5.08. The van der Waals surface area contributed by atoms with Gasteiger partial charge in [0.2, 0.25) is 0 Å². The molecule has 2 N–H and O–H groups in total. The maximum Gasteiger partial charge on any atom is 0.260 e. The second-order valence-electron chi connectivity index (χ2n) is 4.85. The van der Waals surface area contributed by atoms with Crippen LogP contribution in [0.5, 0.6) is 5.75 Å². The predicted octanol–water partition coefficient (Wildman–Crippen LogP) is 0.878. The SMILES string of the molecule is COc1cccc(F)c1C(=O)N1CCN(CC(N)=S)CC1. The van der Waals surface area contributed by atoms with Crippen LogP contribution in [0.2, 0.25) is 0 Å². The first-order valence-corrected chi connectivity index (χ1v) is 7.06. The van der Waals surface area contributed by atoms with Gasteiger partial charge in [-0.1, -0.05) is 18.3 Å². The first-order valence-electron chi connectivity index (χ1n) is 6.65. The second-order valence-corrected chi connectivity index (χ2v) is 5.38. The van der Waals surface area contributed by atoms with Crippen molar-refractivity contribution in [2.75, 3.05) is 39.8 Å². The van der Waals surface area contributed by atoms with Crippen molar-refractivity contribution < 1.29 is 13.9 Å². The molecule has 0 saturated carbocycles. The summed E-state index contributed by atoms with van der Waals surface area (Å²) in [6, 6.07) is 4.36. The van der Waals surface area contributed by atoms with Crippen molar-refractivity contribution in [3.63, 3.8) is 0 Å². The molecule has 0 spiro atoms. The van der Waals surface area contributed by atoms with E-state index in [2.05, 4.69) is 4.90 Å². The molecule has 7 heteroatoms. The van der Waals surface area contributed by atoms with E-state index in [9.17, 15) is 9.18 Å². The van der Waals surface area contributed by atoms with Crippen molar-refractivity contribution in [3.8, 4) is 5.75 Å². The lowest BCUT2D eigenvalue weighted by atomic mass is 10.1. The zero-order chi connectivity index (χ0) is 15.4. The summed E-state index contributed by atoms with van der Waals surface area (Å²) in [4.78, 5) is 16.6. The van der Waals surface area contributed by atoms with Crippen molar-refractivity contribution in [2.45, 2.75) is 0 Å². The molecule has 1 aliphatic rings. The smallest absolute Gasteiger partial charge is 0.260 e. The van der Waals surface area contributed by atoms with E-state index in [1.54, 1.807) is 11.0 Å². The Morgan fingerprint density at radius 2 is 2.05 bits per heavy atom. The number of benzene rings is 1. The molecule has 0 aromatic heterocycles. The minimum atomic E-state index is -0.565. The fourth-order valence-corrected chi connectivity index (χ4v) is 2.55. The first-order chi connectivity index (χ1) is 10.0. The average molecular weight is 311 g/mol. The van der Waals surface area contributed by atoms with Crippen molar-refractivity contribution in [1.82, 2.24) is 9.80 Å². The van der Waals surface area contributed by atoms with E-state index in [4.69, 9.17) is 22.7 Å². The van der Waals surface area contributed by atoms with Gasteiger partial charge in [-0.3, -0.25) is 9.69 Å². The summed E-state index contributed by atoms with van der Waals surface area (Å²) in [6.45, 7) is 2.90. The maximum absolute atomic E-state index is 13.9. The largest absolute Gasteiger partial charge is 0.496 e. The number of ether oxygens (including phenoxy) is 1. The Hall–Kier alpha value is -1.73. The number of carbonyl (C=O) groups is 1. The zero-order valence-corrected chi connectivity index (χ0v) is 12.7. The number of nitrogens with zero attached hydrogens (tertiary/aromatic N) is 2. The van der Waals surface area contributed by atoms with Gasteiger partial charge in [-0.05, 0) is 12.1 Å². The molecule has 0 unspecified atom stereocenters. The summed E-state index contributed by atoms with van der Waals surface area (Å²) in [5.41, 5.74) is 5.50. The van der Waals surface area contributed by atoms with E-state index in [0.29, 0.717) is 37.7 Å². The molecule has 0 radical (unpaired) electrons. The number of hydrogen-bond donors (Lipinski definition) is 1. The van der Waals surface area contributed by atoms with Crippen LogP contribution in [0.1, 0.15) is 10.4 Å². The monoisotopic (exact) mass is 311 g/mol. The maximum atomic E-state index is 13.9. The number of methoxy groups -OCH3 is 1. The molecule has 1 aromatic rings. The first kappa shape index (κ1) is 15.7. The Bertz CT molecular complexity index is 545. The van der Waals surface area contributed by atoms with Crippen LogP contribution in [0.3, 0.4) is 0 Å². The summed E-state index contributed by atoms with van der Waals surface area (Å²) in [6.07, 6.45) is 0. The number of hydrogen-bond acceptors (Lipinski definition) is 4. The van der Waals surface area contributed by atoms with E-state index >= 15 is 0 Å². The molecule has 5 nitrogen and oxygen atoms in total. The van der Waals surface area contributed by atoms with Crippen LogP contribution in [0.25, 0.3) is 0 Å². The molecule has 0 atom stereocenters. The third-order valence-electron chi connectivity index (χ3n) is 3.45. The molecule has 0 bridgehead atoms. The number of rotatable bonds is 4. The summed E-state index contributed by atoms with van der Waals surface area (Å²) in [7, 11) is 1.42. The van der Waals surface area contributed by atoms with Crippen LogP contribution in [0.4, 0.5) is 4.39 Å². The summed E-state index contributed by atoms with van der Waals surface area (Å²) < 4.78 is 19.0. The van der Waals surface area contributed by atoms with E-state index in [0.717, 1.165) is 0 Å². The summed E-state index contributed by atoms with van der Waals surface area (Å²) in [5.74, 6) is -0.657. The van der Waals surface area contributed by atoms with Crippen molar-refractivity contribution in [3.05, 3.63) is 29.6 Å². The van der Waals surface area contributed by atoms with Gasteiger partial charge < -0.3 is 15.4 Å². The standard InChI is InChI=1S/C14H18FN3O2S/c1-20-11-4-2-3-10(15)13(11)14(19)18-7-5-17(6-8-18)9-12(16)21/h2-4H,5-9H2,1H3,(H2,16,21). The van der Waals surface area contributed by atoms with Crippen LogP contribution < -0.4 is 10.5 Å². The number of piperazine rings is 1. The summed E-state index contributed by atoms with van der Waals surface area (Å²) in [5, 5.41) is 0. The highest BCUT2D eigenvalue weighted by Gasteiger charge is 2.26. The van der Waals surface area contributed by atoms with Gasteiger partial charge >= 0.3 is 0 Å². The van der Waals surface area contributed by atoms with Gasteiger partial charge in [-0.25, -0.2) is 4.39 Å². The predicted molar refractivity (Wildman–Crippen MR) is 82.1 cm³/mol. The van der Waals surface area contributed by atoms with Crippen LogP contribution in [-0.2, 0) is 0 Å². The molecular formula is C14H18FN3O2S. The number of amides is 1. The van der Waals surface area contributed by atoms with Gasteiger partial charge in [0.25, 0.3) is 5.91 Å². The van der Waals surface area contributed by atoms with Crippen molar-refractivity contribution in [2.24, 2.45) is 5.73 Å². The molecule has 1 aliphatic heterocycles. The van der Waals surface area contributed by atoms with Gasteiger partial charge in [0.1, 0.15) is 17.1 Å². The van der Waals surface area contributed by atoms with Crippen LogP contribution in [0, 0.1) is 5.82 Å². The lowest BCUT2D eigenvalue weighted by molar-refractivity contribution is 0.0646. The molecular weight excluding hydrogens is 293 g/mol. The molecule has 21 heavy (non-hydrogen) atoms. The molecule has 1 amide bonds. The van der Waals surface area contributed by atoms with E-state index < -0.39 is 5.82 Å². The number of nitrogens with two attached hydrogens (primary N) is 1. The zero-order valence-electron chi connectivity index (χ0n) is 11.8. The molecule has 2 rings (SSSR count). The normalized spacial score (nSPS) is 15.8. The van der Waals surface area contributed by atoms with Gasteiger partial charge in [-0.15, -0.1) is 0 Å². The highest BCUT2D eigenvalue weighted by atomic mass is 32.1. The molecule has 1 fully saturated rings. The average Bonchev–Trinajstić information content (AvgIpc) is 2.46. The molecule has 1 aromatic carbocycles. The van der Waals surface area contributed by atoms with Gasteiger partial charge in [-0.2, -0.15) is 0 Å². The quantitative estimate of drug-likeness (QED) is 0.837. The van der Waals surface area contributed by atoms with Crippen LogP contribution in [-0.4, -0.2) is 60.5 Å². The molecule has 1 heterocycles. The van der Waals surface area contributed by atoms with Crippen LogP contribution in [0.15, 0.2) is 18.2 Å².